The number of nitrogen functional groups attached to an aromatic ring is 1. The number of rotatable bonds is 2. The molecule has 2 N–H and O–H groups in total. The number of thiophene rings is 1. The van der Waals surface area contributed by atoms with Gasteiger partial charge in [-0.1, -0.05) is 12.1 Å². The van der Waals surface area contributed by atoms with Crippen molar-refractivity contribution in [1.29, 1.82) is 0 Å². The number of anilines is 1. The highest BCUT2D eigenvalue weighted by molar-refractivity contribution is 7.08. The van der Waals surface area contributed by atoms with Gasteiger partial charge in [0.05, 0.1) is 0 Å². The minimum Gasteiger partial charge on any atom is -0.367 e. The van der Waals surface area contributed by atoms with Gasteiger partial charge < -0.3 is 10.3 Å². The second-order valence-corrected chi connectivity index (χ2v) is 3.52. The summed E-state index contributed by atoms with van der Waals surface area (Å²) in [5.41, 5.74) is 8.59. The molecule has 0 atom stereocenters. The van der Waals surface area contributed by atoms with Crippen LogP contribution in [-0.4, -0.2) is 5.16 Å². The first-order chi connectivity index (χ1) is 6.33. The number of aromatic nitrogens is 1. The van der Waals surface area contributed by atoms with Gasteiger partial charge in [0.15, 0.2) is 0 Å². The van der Waals surface area contributed by atoms with Crippen LogP contribution >= 0.6 is 11.3 Å². The van der Waals surface area contributed by atoms with E-state index in [-0.39, 0.29) is 0 Å². The summed E-state index contributed by atoms with van der Waals surface area (Å²) in [6, 6.07) is 2.02. The summed E-state index contributed by atoms with van der Waals surface area (Å²) in [5, 5.41) is 7.99. The summed E-state index contributed by atoms with van der Waals surface area (Å²) in [5.74, 6) is 0.434. The molecule has 2 heterocycles. The Balaban J connectivity index is 2.52. The van der Waals surface area contributed by atoms with Crippen molar-refractivity contribution in [2.45, 2.75) is 13.3 Å². The molecule has 0 fully saturated rings. The van der Waals surface area contributed by atoms with E-state index in [0.29, 0.717) is 5.88 Å². The molecule has 68 valence electrons. The normalized spacial score (nSPS) is 10.5. The van der Waals surface area contributed by atoms with E-state index >= 15 is 0 Å². The standard InChI is InChI=1S/C9H10N2OS/c1-2-7-8(11-12-9(7)10)6-3-4-13-5-6/h3-5H,2,10H2,1H3. The Hall–Kier alpha value is -1.29. The molecule has 13 heavy (non-hydrogen) atoms. The van der Waals surface area contributed by atoms with Crippen molar-refractivity contribution in [3.63, 3.8) is 0 Å². The van der Waals surface area contributed by atoms with E-state index in [2.05, 4.69) is 5.16 Å². The summed E-state index contributed by atoms with van der Waals surface area (Å²) >= 11 is 1.64. The predicted molar refractivity (Wildman–Crippen MR) is 53.6 cm³/mol. The van der Waals surface area contributed by atoms with Crippen LogP contribution < -0.4 is 5.73 Å². The molecule has 2 aromatic rings. The fourth-order valence-corrected chi connectivity index (χ4v) is 1.93. The zero-order valence-electron chi connectivity index (χ0n) is 7.28. The lowest BCUT2D eigenvalue weighted by molar-refractivity contribution is 0.438. The third-order valence-electron chi connectivity index (χ3n) is 1.97. The molecular formula is C9H10N2OS. The average Bonchev–Trinajstić information content (AvgIpc) is 2.71. The Morgan fingerprint density at radius 2 is 2.46 bits per heavy atom. The molecular weight excluding hydrogens is 184 g/mol. The lowest BCUT2D eigenvalue weighted by Gasteiger charge is -1.93. The van der Waals surface area contributed by atoms with Crippen molar-refractivity contribution < 1.29 is 4.52 Å². The zero-order chi connectivity index (χ0) is 9.26. The molecule has 0 unspecified atom stereocenters. The molecule has 0 aliphatic carbocycles. The lowest BCUT2D eigenvalue weighted by Crippen LogP contribution is -1.88. The quantitative estimate of drug-likeness (QED) is 0.799. The van der Waals surface area contributed by atoms with Crippen LogP contribution in [0.3, 0.4) is 0 Å². The van der Waals surface area contributed by atoms with Gasteiger partial charge in [0.2, 0.25) is 5.88 Å². The summed E-state index contributed by atoms with van der Waals surface area (Å²) in [6.45, 7) is 2.04. The molecule has 0 bridgehead atoms. The van der Waals surface area contributed by atoms with Gasteiger partial charge in [0.25, 0.3) is 0 Å². The van der Waals surface area contributed by atoms with E-state index in [4.69, 9.17) is 10.3 Å². The van der Waals surface area contributed by atoms with Crippen LogP contribution in [0.15, 0.2) is 21.3 Å². The number of hydrogen-bond acceptors (Lipinski definition) is 4. The zero-order valence-corrected chi connectivity index (χ0v) is 8.10. The smallest absolute Gasteiger partial charge is 0.225 e. The van der Waals surface area contributed by atoms with Gasteiger partial charge in [-0.15, -0.1) is 0 Å². The molecule has 2 rings (SSSR count). The fourth-order valence-electron chi connectivity index (χ4n) is 1.29. The van der Waals surface area contributed by atoms with E-state index in [0.717, 1.165) is 23.2 Å². The summed E-state index contributed by atoms with van der Waals surface area (Å²) in [4.78, 5) is 0. The Bertz CT molecular complexity index is 392. The minimum absolute atomic E-state index is 0.434. The fraction of sp³-hybridized carbons (Fsp3) is 0.222. The number of nitrogens with zero attached hydrogens (tertiary/aromatic N) is 1. The first kappa shape index (κ1) is 8.31. The second kappa shape index (κ2) is 3.22. The summed E-state index contributed by atoms with van der Waals surface area (Å²) in [7, 11) is 0. The second-order valence-electron chi connectivity index (χ2n) is 2.74. The van der Waals surface area contributed by atoms with Gasteiger partial charge in [-0.25, -0.2) is 0 Å². The number of nitrogens with two attached hydrogens (primary N) is 1. The summed E-state index contributed by atoms with van der Waals surface area (Å²) in [6.07, 6.45) is 0.848. The van der Waals surface area contributed by atoms with Crippen LogP contribution in [0.4, 0.5) is 5.88 Å². The predicted octanol–water partition coefficient (Wildman–Crippen LogP) is 2.55. The van der Waals surface area contributed by atoms with Gasteiger partial charge >= 0.3 is 0 Å². The van der Waals surface area contributed by atoms with E-state index in [1.54, 1.807) is 11.3 Å². The molecule has 0 aliphatic heterocycles. The first-order valence-electron chi connectivity index (χ1n) is 4.09. The molecule has 0 amide bonds. The van der Waals surface area contributed by atoms with Crippen LogP contribution in [0.1, 0.15) is 12.5 Å². The van der Waals surface area contributed by atoms with E-state index in [1.165, 1.54) is 0 Å². The maximum atomic E-state index is 5.63. The molecule has 0 aliphatic rings. The van der Waals surface area contributed by atoms with Crippen LogP contribution in [0.2, 0.25) is 0 Å². The minimum atomic E-state index is 0.434. The molecule has 0 spiro atoms. The molecule has 0 saturated carbocycles. The molecule has 0 aromatic carbocycles. The van der Waals surface area contributed by atoms with Gasteiger partial charge in [0.1, 0.15) is 5.69 Å². The highest BCUT2D eigenvalue weighted by atomic mass is 32.1. The highest BCUT2D eigenvalue weighted by Crippen LogP contribution is 2.28. The monoisotopic (exact) mass is 194 g/mol. The molecule has 4 heteroatoms. The van der Waals surface area contributed by atoms with Crippen molar-refractivity contribution in [2.24, 2.45) is 0 Å². The Labute approximate surface area is 80.2 Å². The molecule has 2 aromatic heterocycles. The Morgan fingerprint density at radius 1 is 1.62 bits per heavy atom. The maximum Gasteiger partial charge on any atom is 0.225 e. The van der Waals surface area contributed by atoms with Gasteiger partial charge in [0, 0.05) is 16.5 Å². The topological polar surface area (TPSA) is 52.0 Å². The van der Waals surface area contributed by atoms with Gasteiger partial charge in [-0.3, -0.25) is 0 Å². The van der Waals surface area contributed by atoms with Crippen LogP contribution in [0.25, 0.3) is 11.3 Å². The summed E-state index contributed by atoms with van der Waals surface area (Å²) < 4.78 is 4.94. The van der Waals surface area contributed by atoms with Gasteiger partial charge in [-0.05, 0) is 17.9 Å². The SMILES string of the molecule is CCc1c(-c2ccsc2)noc1N. The Kier molecular flexibility index (Phi) is 2.06. The lowest BCUT2D eigenvalue weighted by atomic mass is 10.1. The van der Waals surface area contributed by atoms with Crippen LogP contribution in [0.5, 0.6) is 0 Å². The average molecular weight is 194 g/mol. The van der Waals surface area contributed by atoms with Crippen molar-refractivity contribution in [3.05, 3.63) is 22.4 Å². The molecule has 0 radical (unpaired) electrons. The van der Waals surface area contributed by atoms with Crippen LogP contribution in [-0.2, 0) is 6.42 Å². The third-order valence-corrected chi connectivity index (χ3v) is 2.65. The van der Waals surface area contributed by atoms with Crippen molar-refractivity contribution in [2.75, 3.05) is 5.73 Å². The largest absolute Gasteiger partial charge is 0.367 e. The van der Waals surface area contributed by atoms with E-state index < -0.39 is 0 Å². The van der Waals surface area contributed by atoms with Crippen molar-refractivity contribution in [1.82, 2.24) is 5.16 Å². The highest BCUT2D eigenvalue weighted by Gasteiger charge is 2.13. The molecule has 0 saturated heterocycles. The maximum absolute atomic E-state index is 5.63. The first-order valence-corrected chi connectivity index (χ1v) is 5.03. The Morgan fingerprint density at radius 3 is 3.08 bits per heavy atom. The third kappa shape index (κ3) is 1.33. The van der Waals surface area contributed by atoms with E-state index in [1.807, 2.05) is 23.8 Å². The van der Waals surface area contributed by atoms with Crippen molar-refractivity contribution >= 4 is 17.2 Å². The number of hydrogen-bond donors (Lipinski definition) is 1. The van der Waals surface area contributed by atoms with Crippen LogP contribution in [0, 0.1) is 0 Å². The van der Waals surface area contributed by atoms with E-state index in [9.17, 15) is 0 Å². The molecule has 3 nitrogen and oxygen atoms in total. The van der Waals surface area contributed by atoms with Gasteiger partial charge in [-0.2, -0.15) is 11.3 Å². The van der Waals surface area contributed by atoms with Crippen molar-refractivity contribution in [3.8, 4) is 11.3 Å².